The number of nitrogens with one attached hydrogen (secondary N) is 2. The van der Waals surface area contributed by atoms with Crippen LogP contribution in [0.25, 0.3) is 11.2 Å². The van der Waals surface area contributed by atoms with E-state index in [0.29, 0.717) is 48.2 Å². The van der Waals surface area contributed by atoms with E-state index in [0.717, 1.165) is 37.1 Å². The van der Waals surface area contributed by atoms with Crippen molar-refractivity contribution < 1.29 is 22.7 Å². The molecule has 0 saturated carbocycles. The van der Waals surface area contributed by atoms with Gasteiger partial charge in [0.15, 0.2) is 11.2 Å². The van der Waals surface area contributed by atoms with Crippen LogP contribution >= 0.6 is 0 Å². The Labute approximate surface area is 261 Å². The zero-order chi connectivity index (χ0) is 31.6. The van der Waals surface area contributed by atoms with Crippen molar-refractivity contribution in [2.45, 2.75) is 38.0 Å². The van der Waals surface area contributed by atoms with E-state index in [9.17, 15) is 13.2 Å². The van der Waals surface area contributed by atoms with Crippen LogP contribution < -0.4 is 20.3 Å². The maximum absolute atomic E-state index is 12.0. The van der Waals surface area contributed by atoms with Crippen molar-refractivity contribution in [3.05, 3.63) is 67.5 Å². The van der Waals surface area contributed by atoms with Gasteiger partial charge >= 0.3 is 0 Å². The zero-order valence-electron chi connectivity index (χ0n) is 25.2. The Kier molecular flexibility index (Phi) is 8.70. The zero-order valence-corrected chi connectivity index (χ0v) is 26.0. The number of amides is 1. The molecule has 0 aliphatic carbocycles. The number of hydrogen-bond donors (Lipinski definition) is 2. The highest BCUT2D eigenvalue weighted by atomic mass is 32.2. The summed E-state index contributed by atoms with van der Waals surface area (Å²) in [5, 5.41) is 6.03. The fraction of sp³-hybridized carbons (Fsp3) is 0.355. The van der Waals surface area contributed by atoms with Gasteiger partial charge in [0, 0.05) is 55.9 Å². The summed E-state index contributed by atoms with van der Waals surface area (Å²) in [6.45, 7) is 5.15. The van der Waals surface area contributed by atoms with E-state index in [4.69, 9.17) is 14.5 Å². The number of carbonyl (C=O) groups excluding carboxylic acids is 1. The number of carbonyl (C=O) groups is 1. The number of imidazole rings is 1. The summed E-state index contributed by atoms with van der Waals surface area (Å²) in [5.41, 5.74) is 3.33. The number of benzene rings is 2. The highest BCUT2D eigenvalue weighted by Gasteiger charge is 2.31. The molecule has 1 unspecified atom stereocenters. The van der Waals surface area contributed by atoms with Gasteiger partial charge in [-0.15, -0.1) is 0 Å². The summed E-state index contributed by atoms with van der Waals surface area (Å²) >= 11 is 0. The van der Waals surface area contributed by atoms with Crippen LogP contribution in [0.15, 0.2) is 67.5 Å². The Morgan fingerprint density at radius 1 is 1.13 bits per heavy atom. The fourth-order valence-electron chi connectivity index (χ4n) is 5.56. The van der Waals surface area contributed by atoms with E-state index < -0.39 is 10.0 Å². The standard InChI is InChI=1S/C31H36N8O5S/c1-4-26(40)33-22-8-7-9-25(18-22)44-30-28-29(39(20-32-28)27-10-5-6-17-43-27)35-31(36-30)34-21-11-13-23(14-12-21)37(2)24-15-16-38(19-24)45(3,41)42/h4,7-9,11-14,18,20,24,27H,1,5-6,10,15-17,19H2,2-3H3,(H,33,40)(H,34,35,36)/t24-,27?/m0/s1. The number of hydrogen-bond acceptors (Lipinski definition) is 10. The first-order valence-electron chi connectivity index (χ1n) is 14.8. The van der Waals surface area contributed by atoms with E-state index in [-0.39, 0.29) is 24.1 Å². The average Bonchev–Trinajstić information content (AvgIpc) is 3.70. The van der Waals surface area contributed by atoms with Crippen LogP contribution in [0.3, 0.4) is 0 Å². The summed E-state index contributed by atoms with van der Waals surface area (Å²) in [6.07, 6.45) is 7.62. The molecule has 0 bridgehead atoms. The minimum absolute atomic E-state index is 0.0925. The second-order valence-electron chi connectivity index (χ2n) is 11.2. The SMILES string of the molecule is C=CC(=O)Nc1cccc(Oc2nc(Nc3ccc(N(C)[C@H]4CCN(S(C)(=O)=O)C4)cc3)nc3c2ncn3C2CCCCO2)c1. The van der Waals surface area contributed by atoms with Crippen LogP contribution in [0.4, 0.5) is 23.0 Å². The monoisotopic (exact) mass is 632 g/mol. The topological polar surface area (TPSA) is 144 Å². The summed E-state index contributed by atoms with van der Waals surface area (Å²) in [6, 6.07) is 14.9. The van der Waals surface area contributed by atoms with Crippen LogP contribution in [-0.4, -0.2) is 77.2 Å². The van der Waals surface area contributed by atoms with Crippen LogP contribution in [0, 0.1) is 0 Å². The molecular formula is C31H36N8O5S. The Balaban J connectivity index is 1.27. The van der Waals surface area contributed by atoms with Crippen LogP contribution in [0.5, 0.6) is 11.6 Å². The van der Waals surface area contributed by atoms with Crippen LogP contribution in [0.2, 0.25) is 0 Å². The van der Waals surface area contributed by atoms with Gasteiger partial charge in [-0.1, -0.05) is 12.6 Å². The predicted molar refractivity (Wildman–Crippen MR) is 172 cm³/mol. The van der Waals surface area contributed by atoms with E-state index in [1.807, 2.05) is 35.9 Å². The molecule has 2 fully saturated rings. The van der Waals surface area contributed by atoms with Gasteiger partial charge in [-0.2, -0.15) is 9.97 Å². The second kappa shape index (κ2) is 12.8. The molecule has 45 heavy (non-hydrogen) atoms. The van der Waals surface area contributed by atoms with Crippen molar-refractivity contribution in [1.82, 2.24) is 23.8 Å². The average molecular weight is 633 g/mol. The lowest BCUT2D eigenvalue weighted by Crippen LogP contribution is -2.36. The third-order valence-electron chi connectivity index (χ3n) is 8.03. The van der Waals surface area contributed by atoms with Gasteiger partial charge in [0.25, 0.3) is 5.88 Å². The first kappa shape index (κ1) is 30.5. The van der Waals surface area contributed by atoms with Crippen LogP contribution in [-0.2, 0) is 19.6 Å². The second-order valence-corrected chi connectivity index (χ2v) is 13.1. The number of sulfonamides is 1. The van der Waals surface area contributed by atoms with Crippen molar-refractivity contribution in [1.29, 1.82) is 0 Å². The third-order valence-corrected chi connectivity index (χ3v) is 9.30. The van der Waals surface area contributed by atoms with Gasteiger partial charge in [-0.25, -0.2) is 17.7 Å². The maximum Gasteiger partial charge on any atom is 0.252 e. The lowest BCUT2D eigenvalue weighted by Gasteiger charge is -2.27. The predicted octanol–water partition coefficient (Wildman–Crippen LogP) is 4.66. The lowest BCUT2D eigenvalue weighted by molar-refractivity contribution is -0.111. The van der Waals surface area contributed by atoms with Gasteiger partial charge in [0.2, 0.25) is 21.9 Å². The van der Waals surface area contributed by atoms with Crippen molar-refractivity contribution in [3.8, 4) is 11.6 Å². The summed E-state index contributed by atoms with van der Waals surface area (Å²) in [7, 11) is -1.23. The first-order chi connectivity index (χ1) is 21.7. The van der Waals surface area contributed by atoms with Crippen molar-refractivity contribution in [2.75, 3.05) is 48.5 Å². The van der Waals surface area contributed by atoms with Gasteiger partial charge in [-0.05, 0) is 68.2 Å². The number of anilines is 4. The van der Waals surface area contributed by atoms with E-state index in [1.54, 1.807) is 30.6 Å². The largest absolute Gasteiger partial charge is 0.437 e. The molecule has 2 saturated heterocycles. The number of nitrogens with zero attached hydrogens (tertiary/aromatic N) is 6. The molecule has 236 valence electrons. The molecular weight excluding hydrogens is 596 g/mol. The van der Waals surface area contributed by atoms with Gasteiger partial charge in [0.1, 0.15) is 12.0 Å². The molecule has 2 aromatic carbocycles. The molecule has 2 aromatic heterocycles. The van der Waals surface area contributed by atoms with E-state index >= 15 is 0 Å². The maximum atomic E-state index is 12.0. The molecule has 2 N–H and O–H groups in total. The normalized spacial score (nSPS) is 18.9. The molecule has 0 radical (unpaired) electrons. The van der Waals surface area contributed by atoms with E-state index in [1.165, 1.54) is 16.6 Å². The Bertz CT molecular complexity index is 1800. The fourth-order valence-corrected chi connectivity index (χ4v) is 6.44. The number of ether oxygens (including phenoxy) is 2. The minimum atomic E-state index is -3.21. The van der Waals surface area contributed by atoms with Crippen molar-refractivity contribution in [2.24, 2.45) is 0 Å². The third kappa shape index (κ3) is 6.92. The molecule has 14 heteroatoms. The molecule has 0 spiro atoms. The summed E-state index contributed by atoms with van der Waals surface area (Å²) < 4.78 is 39.6. The number of likely N-dealkylation sites (N-methyl/N-ethyl adjacent to an activating group) is 1. The molecule has 2 aliphatic rings. The Morgan fingerprint density at radius 2 is 1.96 bits per heavy atom. The molecule has 1 amide bonds. The van der Waals surface area contributed by atoms with Crippen molar-refractivity contribution in [3.63, 3.8) is 0 Å². The quantitative estimate of drug-likeness (QED) is 0.237. The lowest BCUT2D eigenvalue weighted by atomic mass is 10.2. The molecule has 6 rings (SSSR count). The smallest absolute Gasteiger partial charge is 0.252 e. The molecule has 2 atom stereocenters. The summed E-state index contributed by atoms with van der Waals surface area (Å²) in [4.78, 5) is 28.0. The molecule has 4 aromatic rings. The highest BCUT2D eigenvalue weighted by Crippen LogP contribution is 2.33. The minimum Gasteiger partial charge on any atom is -0.437 e. The van der Waals surface area contributed by atoms with Gasteiger partial charge in [-0.3, -0.25) is 9.36 Å². The number of aromatic nitrogens is 4. The highest BCUT2D eigenvalue weighted by molar-refractivity contribution is 7.88. The van der Waals surface area contributed by atoms with E-state index in [2.05, 4.69) is 32.1 Å². The Hall–Kier alpha value is -4.53. The molecule has 4 heterocycles. The molecule has 13 nitrogen and oxygen atoms in total. The summed E-state index contributed by atoms with van der Waals surface area (Å²) in [5.74, 6) is 0.690. The molecule has 2 aliphatic heterocycles. The van der Waals surface area contributed by atoms with Crippen molar-refractivity contribution >= 4 is 50.1 Å². The number of fused-ring (bicyclic) bond motifs is 1. The van der Waals surface area contributed by atoms with Crippen LogP contribution in [0.1, 0.15) is 31.9 Å². The number of rotatable bonds is 10. The Morgan fingerprint density at radius 3 is 2.67 bits per heavy atom. The van der Waals surface area contributed by atoms with Gasteiger partial charge in [0.05, 0.1) is 12.6 Å². The van der Waals surface area contributed by atoms with Gasteiger partial charge < -0.3 is 25.0 Å². The first-order valence-corrected chi connectivity index (χ1v) is 16.7.